The van der Waals surface area contributed by atoms with E-state index in [1.807, 2.05) is 35.0 Å². The molecule has 2 aromatic heterocycles. The summed E-state index contributed by atoms with van der Waals surface area (Å²) in [6, 6.07) is 10.1. The van der Waals surface area contributed by atoms with Gasteiger partial charge in [0.1, 0.15) is 23.6 Å². The van der Waals surface area contributed by atoms with Crippen molar-refractivity contribution in [2.24, 2.45) is 0 Å². The van der Waals surface area contributed by atoms with Gasteiger partial charge >= 0.3 is 5.97 Å². The third-order valence-corrected chi connectivity index (χ3v) is 3.20. The Balaban J connectivity index is 1.84. The Hall–Kier alpha value is -2.53. The third-order valence-electron chi connectivity index (χ3n) is 2.96. The van der Waals surface area contributed by atoms with Crippen LogP contribution in [-0.2, 0) is 6.61 Å². The Morgan fingerprint density at radius 1 is 1.33 bits per heavy atom. The number of pyridine rings is 1. The lowest BCUT2D eigenvalue weighted by Gasteiger charge is -2.08. The highest BCUT2D eigenvalue weighted by molar-refractivity contribution is 6.30. The van der Waals surface area contributed by atoms with Crippen LogP contribution in [0.15, 0.2) is 48.8 Å². The first kappa shape index (κ1) is 13.5. The summed E-state index contributed by atoms with van der Waals surface area (Å²) in [6.45, 7) is 0.169. The second-order valence-electron chi connectivity index (χ2n) is 4.43. The summed E-state index contributed by atoms with van der Waals surface area (Å²) in [5.74, 6) is -0.830. The molecule has 2 heterocycles. The lowest BCUT2D eigenvalue weighted by Crippen LogP contribution is -2.03. The molecule has 0 aliphatic heterocycles. The predicted octanol–water partition coefficient (Wildman–Crippen LogP) is 3.26. The maximum absolute atomic E-state index is 11.1. The van der Waals surface area contributed by atoms with Crippen molar-refractivity contribution in [2.75, 3.05) is 0 Å². The average molecular weight is 303 g/mol. The van der Waals surface area contributed by atoms with Crippen LogP contribution in [0.3, 0.4) is 0 Å². The van der Waals surface area contributed by atoms with Gasteiger partial charge in [0.15, 0.2) is 0 Å². The molecule has 0 saturated heterocycles. The summed E-state index contributed by atoms with van der Waals surface area (Å²) in [5.41, 5.74) is 1.58. The number of ether oxygens (including phenoxy) is 1. The maximum Gasteiger partial charge on any atom is 0.339 e. The highest BCUT2D eigenvalue weighted by atomic mass is 35.5. The number of carboxylic acids is 1. The van der Waals surface area contributed by atoms with Crippen LogP contribution in [0, 0.1) is 0 Å². The van der Waals surface area contributed by atoms with Gasteiger partial charge in [0.05, 0.1) is 5.69 Å². The standard InChI is InChI=1S/C15H11ClN2O3/c16-10-4-5-12(15(19)20)13(7-10)21-9-11-8-18-6-2-1-3-14(18)17-11/h1-8H,9H2,(H,19,20). The van der Waals surface area contributed by atoms with Crippen LogP contribution in [0.5, 0.6) is 5.75 Å². The molecule has 0 unspecified atom stereocenters. The van der Waals surface area contributed by atoms with E-state index in [-0.39, 0.29) is 17.9 Å². The number of aromatic carboxylic acids is 1. The molecule has 6 heteroatoms. The molecule has 1 N–H and O–H groups in total. The number of nitrogens with zero attached hydrogens (tertiary/aromatic N) is 2. The van der Waals surface area contributed by atoms with Crippen LogP contribution < -0.4 is 4.74 Å². The van der Waals surface area contributed by atoms with Crippen LogP contribution in [0.2, 0.25) is 5.02 Å². The Bertz CT molecular complexity index is 781. The van der Waals surface area contributed by atoms with Crippen molar-refractivity contribution >= 4 is 23.2 Å². The fraction of sp³-hybridized carbons (Fsp3) is 0.0667. The monoisotopic (exact) mass is 302 g/mol. The molecule has 0 amide bonds. The van der Waals surface area contributed by atoms with Crippen LogP contribution in [0.25, 0.3) is 5.65 Å². The van der Waals surface area contributed by atoms with Gasteiger partial charge in [0, 0.05) is 17.4 Å². The molecule has 0 bridgehead atoms. The summed E-state index contributed by atoms with van der Waals surface area (Å²) in [7, 11) is 0. The van der Waals surface area contributed by atoms with E-state index >= 15 is 0 Å². The van der Waals surface area contributed by atoms with Crippen molar-refractivity contribution < 1.29 is 14.6 Å². The van der Waals surface area contributed by atoms with E-state index in [2.05, 4.69) is 4.98 Å². The van der Waals surface area contributed by atoms with E-state index in [4.69, 9.17) is 21.4 Å². The lowest BCUT2D eigenvalue weighted by molar-refractivity contribution is 0.0691. The number of aromatic nitrogens is 2. The van der Waals surface area contributed by atoms with E-state index in [0.717, 1.165) is 5.65 Å². The number of carboxylic acid groups (broad SMARTS) is 1. The Labute approximate surface area is 125 Å². The van der Waals surface area contributed by atoms with Crippen LogP contribution >= 0.6 is 11.6 Å². The summed E-state index contributed by atoms with van der Waals surface area (Å²) >= 11 is 5.87. The molecule has 0 atom stereocenters. The molecule has 21 heavy (non-hydrogen) atoms. The number of imidazole rings is 1. The molecule has 0 radical (unpaired) electrons. The Morgan fingerprint density at radius 2 is 2.19 bits per heavy atom. The van der Waals surface area contributed by atoms with Gasteiger partial charge in [-0.05, 0) is 30.3 Å². The van der Waals surface area contributed by atoms with Gasteiger partial charge in [0.25, 0.3) is 0 Å². The first-order valence-corrected chi connectivity index (χ1v) is 6.59. The molecule has 3 rings (SSSR count). The molecule has 0 aliphatic rings. The Kier molecular flexibility index (Phi) is 3.50. The zero-order valence-electron chi connectivity index (χ0n) is 10.9. The van der Waals surface area contributed by atoms with Crippen molar-refractivity contribution in [1.82, 2.24) is 9.38 Å². The average Bonchev–Trinajstić information content (AvgIpc) is 2.87. The molecule has 0 fully saturated rings. The van der Waals surface area contributed by atoms with Crippen molar-refractivity contribution in [3.63, 3.8) is 0 Å². The highest BCUT2D eigenvalue weighted by Gasteiger charge is 2.12. The second kappa shape index (κ2) is 5.46. The molecule has 0 spiro atoms. The summed E-state index contributed by atoms with van der Waals surface area (Å²) in [5, 5.41) is 9.55. The van der Waals surface area contributed by atoms with Gasteiger partial charge in [0.2, 0.25) is 0 Å². The second-order valence-corrected chi connectivity index (χ2v) is 4.87. The van der Waals surface area contributed by atoms with E-state index in [1.165, 1.54) is 18.2 Å². The van der Waals surface area contributed by atoms with Gasteiger partial charge in [-0.2, -0.15) is 0 Å². The number of rotatable bonds is 4. The van der Waals surface area contributed by atoms with E-state index in [9.17, 15) is 4.79 Å². The fourth-order valence-corrected chi connectivity index (χ4v) is 2.16. The van der Waals surface area contributed by atoms with Gasteiger partial charge in [-0.15, -0.1) is 0 Å². The molecule has 3 aromatic rings. The largest absolute Gasteiger partial charge is 0.486 e. The number of benzene rings is 1. The van der Waals surface area contributed by atoms with Crippen molar-refractivity contribution in [1.29, 1.82) is 0 Å². The predicted molar refractivity (Wildman–Crippen MR) is 77.9 cm³/mol. The molecule has 0 saturated carbocycles. The molecule has 5 nitrogen and oxygen atoms in total. The van der Waals surface area contributed by atoms with E-state index in [0.29, 0.717) is 10.7 Å². The number of halogens is 1. The van der Waals surface area contributed by atoms with Gasteiger partial charge in [-0.25, -0.2) is 9.78 Å². The van der Waals surface area contributed by atoms with Crippen molar-refractivity contribution in [3.05, 3.63) is 65.1 Å². The van der Waals surface area contributed by atoms with Gasteiger partial charge < -0.3 is 14.2 Å². The first-order chi connectivity index (χ1) is 10.1. The maximum atomic E-state index is 11.1. The zero-order chi connectivity index (χ0) is 14.8. The summed E-state index contributed by atoms with van der Waals surface area (Å²) in [6.07, 6.45) is 3.72. The van der Waals surface area contributed by atoms with Crippen molar-refractivity contribution in [2.45, 2.75) is 6.61 Å². The topological polar surface area (TPSA) is 63.8 Å². The molecule has 106 valence electrons. The number of hydrogen-bond donors (Lipinski definition) is 1. The van der Waals surface area contributed by atoms with E-state index in [1.54, 1.807) is 0 Å². The molecular weight excluding hydrogens is 292 g/mol. The minimum atomic E-state index is -1.06. The Morgan fingerprint density at radius 3 is 2.95 bits per heavy atom. The smallest absolute Gasteiger partial charge is 0.339 e. The number of fused-ring (bicyclic) bond motifs is 1. The minimum absolute atomic E-state index is 0.0724. The fourth-order valence-electron chi connectivity index (χ4n) is 2.00. The third kappa shape index (κ3) is 2.83. The highest BCUT2D eigenvalue weighted by Crippen LogP contribution is 2.24. The first-order valence-electron chi connectivity index (χ1n) is 6.22. The molecule has 1 aromatic carbocycles. The van der Waals surface area contributed by atoms with E-state index < -0.39 is 5.97 Å². The SMILES string of the molecule is O=C(O)c1ccc(Cl)cc1OCc1cn2ccccc2n1. The normalized spacial score (nSPS) is 10.7. The molecule has 0 aliphatic carbocycles. The van der Waals surface area contributed by atoms with Crippen molar-refractivity contribution in [3.8, 4) is 5.75 Å². The molecular formula is C15H11ClN2O3. The quantitative estimate of drug-likeness (QED) is 0.803. The van der Waals surface area contributed by atoms with Gasteiger partial charge in [-0.3, -0.25) is 0 Å². The lowest BCUT2D eigenvalue weighted by atomic mass is 10.2. The van der Waals surface area contributed by atoms with Gasteiger partial charge in [-0.1, -0.05) is 17.7 Å². The van der Waals surface area contributed by atoms with Crippen LogP contribution in [0.1, 0.15) is 16.1 Å². The van der Waals surface area contributed by atoms with Crippen LogP contribution in [-0.4, -0.2) is 20.5 Å². The summed E-state index contributed by atoms with van der Waals surface area (Å²) < 4.78 is 7.42. The number of hydrogen-bond acceptors (Lipinski definition) is 3. The zero-order valence-corrected chi connectivity index (χ0v) is 11.6. The van der Waals surface area contributed by atoms with Crippen LogP contribution in [0.4, 0.5) is 0 Å². The minimum Gasteiger partial charge on any atom is -0.486 e. The number of carbonyl (C=O) groups is 1. The summed E-state index contributed by atoms with van der Waals surface area (Å²) in [4.78, 5) is 15.5.